The highest BCUT2D eigenvalue weighted by atomic mass is 16.3. The summed E-state index contributed by atoms with van der Waals surface area (Å²) in [7, 11) is 0. The topological polar surface area (TPSA) is 85.3 Å². The molecule has 2 heterocycles. The quantitative estimate of drug-likeness (QED) is 0.569. The van der Waals surface area contributed by atoms with Gasteiger partial charge in [0, 0.05) is 0 Å². The zero-order valence-corrected chi connectivity index (χ0v) is 10.4. The SMILES string of the molecule is O=C(Cn1nnc2ccccc21)N/N=C\c1ccco1. The molecule has 0 bridgehead atoms. The van der Waals surface area contributed by atoms with Gasteiger partial charge in [0.15, 0.2) is 0 Å². The summed E-state index contributed by atoms with van der Waals surface area (Å²) in [5, 5.41) is 11.7. The molecule has 7 heteroatoms. The first-order valence-corrected chi connectivity index (χ1v) is 5.96. The number of furan rings is 1. The number of aromatic nitrogens is 3. The Morgan fingerprint density at radius 1 is 1.35 bits per heavy atom. The van der Waals surface area contributed by atoms with Crippen LogP contribution in [0, 0.1) is 0 Å². The van der Waals surface area contributed by atoms with Crippen LogP contribution in [0.1, 0.15) is 5.76 Å². The largest absolute Gasteiger partial charge is 0.463 e. The molecular weight excluding hydrogens is 258 g/mol. The second kappa shape index (κ2) is 5.35. The Morgan fingerprint density at radius 3 is 3.10 bits per heavy atom. The van der Waals surface area contributed by atoms with Crippen LogP contribution in [0.4, 0.5) is 0 Å². The van der Waals surface area contributed by atoms with E-state index < -0.39 is 0 Å². The van der Waals surface area contributed by atoms with Crippen molar-refractivity contribution in [1.82, 2.24) is 20.4 Å². The van der Waals surface area contributed by atoms with Crippen molar-refractivity contribution >= 4 is 23.2 Å². The fourth-order valence-electron chi connectivity index (χ4n) is 1.74. The lowest BCUT2D eigenvalue weighted by molar-refractivity contribution is -0.121. The Balaban J connectivity index is 1.64. The second-order valence-corrected chi connectivity index (χ2v) is 4.04. The molecule has 0 spiro atoms. The summed E-state index contributed by atoms with van der Waals surface area (Å²) in [6.07, 6.45) is 2.96. The molecule has 0 fully saturated rings. The predicted octanol–water partition coefficient (Wildman–Crippen LogP) is 1.17. The van der Waals surface area contributed by atoms with Crippen LogP contribution in [0.15, 0.2) is 52.2 Å². The highest BCUT2D eigenvalue weighted by molar-refractivity contribution is 5.81. The van der Waals surface area contributed by atoms with E-state index >= 15 is 0 Å². The Hall–Kier alpha value is -2.96. The molecule has 0 unspecified atom stereocenters. The second-order valence-electron chi connectivity index (χ2n) is 4.04. The average molecular weight is 269 g/mol. The van der Waals surface area contributed by atoms with Crippen LogP contribution < -0.4 is 5.43 Å². The lowest BCUT2D eigenvalue weighted by Gasteiger charge is -2.00. The molecule has 0 saturated carbocycles. The summed E-state index contributed by atoms with van der Waals surface area (Å²) in [5.41, 5.74) is 3.96. The van der Waals surface area contributed by atoms with Crippen LogP contribution in [0.25, 0.3) is 11.0 Å². The van der Waals surface area contributed by atoms with Gasteiger partial charge in [-0.15, -0.1) is 5.10 Å². The first-order chi connectivity index (χ1) is 9.83. The lowest BCUT2D eigenvalue weighted by Crippen LogP contribution is -2.23. The average Bonchev–Trinajstić information content (AvgIpc) is 3.09. The number of rotatable bonds is 4. The minimum Gasteiger partial charge on any atom is -0.463 e. The van der Waals surface area contributed by atoms with Crippen molar-refractivity contribution < 1.29 is 9.21 Å². The van der Waals surface area contributed by atoms with Gasteiger partial charge in [-0.2, -0.15) is 5.10 Å². The maximum absolute atomic E-state index is 11.7. The van der Waals surface area contributed by atoms with Gasteiger partial charge in [-0.05, 0) is 24.3 Å². The molecule has 3 rings (SSSR count). The first-order valence-electron chi connectivity index (χ1n) is 5.96. The molecule has 100 valence electrons. The molecule has 1 amide bonds. The minimum absolute atomic E-state index is 0.0516. The Kier molecular flexibility index (Phi) is 3.24. The number of nitrogens with zero attached hydrogens (tertiary/aromatic N) is 4. The van der Waals surface area contributed by atoms with E-state index in [1.54, 1.807) is 12.1 Å². The van der Waals surface area contributed by atoms with Crippen LogP contribution in [-0.2, 0) is 11.3 Å². The van der Waals surface area contributed by atoms with Crippen molar-refractivity contribution in [2.24, 2.45) is 5.10 Å². The van der Waals surface area contributed by atoms with Gasteiger partial charge in [0.25, 0.3) is 5.91 Å². The third-order valence-corrected chi connectivity index (χ3v) is 2.64. The molecule has 0 saturated heterocycles. The maximum atomic E-state index is 11.7. The molecule has 20 heavy (non-hydrogen) atoms. The Labute approximate surface area is 113 Å². The molecule has 0 aliphatic rings. The van der Waals surface area contributed by atoms with E-state index in [9.17, 15) is 4.79 Å². The van der Waals surface area contributed by atoms with Gasteiger partial charge in [0.05, 0.1) is 18.0 Å². The molecule has 0 radical (unpaired) electrons. The van der Waals surface area contributed by atoms with E-state index in [-0.39, 0.29) is 12.5 Å². The summed E-state index contributed by atoms with van der Waals surface area (Å²) in [4.78, 5) is 11.7. The van der Waals surface area contributed by atoms with Gasteiger partial charge in [-0.3, -0.25) is 4.79 Å². The zero-order valence-electron chi connectivity index (χ0n) is 10.4. The summed E-state index contributed by atoms with van der Waals surface area (Å²) in [6, 6.07) is 10.9. The van der Waals surface area contributed by atoms with Crippen molar-refractivity contribution in [1.29, 1.82) is 0 Å². The van der Waals surface area contributed by atoms with Gasteiger partial charge in [0.2, 0.25) is 0 Å². The Morgan fingerprint density at radius 2 is 2.25 bits per heavy atom. The summed E-state index contributed by atoms with van der Waals surface area (Å²) >= 11 is 0. The number of hydrazone groups is 1. The standard InChI is InChI=1S/C13H11N5O2/c19-13(16-14-8-10-4-3-7-20-10)9-18-12-6-2-1-5-11(12)15-17-18/h1-8H,9H2,(H,16,19)/b14-8-. The number of fused-ring (bicyclic) bond motifs is 1. The van der Waals surface area contributed by atoms with Crippen LogP contribution in [0.3, 0.4) is 0 Å². The van der Waals surface area contributed by atoms with E-state index in [0.29, 0.717) is 5.76 Å². The van der Waals surface area contributed by atoms with Crippen molar-refractivity contribution in [2.75, 3.05) is 0 Å². The van der Waals surface area contributed by atoms with Crippen LogP contribution in [0.5, 0.6) is 0 Å². The molecule has 7 nitrogen and oxygen atoms in total. The third-order valence-electron chi connectivity index (χ3n) is 2.64. The highest BCUT2D eigenvalue weighted by Crippen LogP contribution is 2.08. The fraction of sp³-hybridized carbons (Fsp3) is 0.0769. The summed E-state index contributed by atoms with van der Waals surface area (Å²) < 4.78 is 6.57. The van der Waals surface area contributed by atoms with Gasteiger partial charge in [-0.1, -0.05) is 17.3 Å². The number of benzene rings is 1. The molecule has 0 aliphatic carbocycles. The number of carbonyl (C=O) groups excluding carboxylic acids is 1. The number of hydrogen-bond donors (Lipinski definition) is 1. The maximum Gasteiger partial charge on any atom is 0.261 e. The van der Waals surface area contributed by atoms with E-state index in [0.717, 1.165) is 11.0 Å². The van der Waals surface area contributed by atoms with Crippen LogP contribution >= 0.6 is 0 Å². The summed E-state index contributed by atoms with van der Waals surface area (Å²) in [5.74, 6) is 0.278. The third kappa shape index (κ3) is 2.56. The van der Waals surface area contributed by atoms with Gasteiger partial charge >= 0.3 is 0 Å². The van der Waals surface area contributed by atoms with Crippen molar-refractivity contribution in [3.63, 3.8) is 0 Å². The molecule has 1 N–H and O–H groups in total. The normalized spacial score (nSPS) is 11.2. The molecule has 2 aromatic heterocycles. The van der Waals surface area contributed by atoms with Gasteiger partial charge in [-0.25, -0.2) is 10.1 Å². The minimum atomic E-state index is -0.288. The molecule has 0 atom stereocenters. The zero-order chi connectivity index (χ0) is 13.8. The van der Waals surface area contributed by atoms with Gasteiger partial charge < -0.3 is 4.42 Å². The highest BCUT2D eigenvalue weighted by Gasteiger charge is 2.07. The monoisotopic (exact) mass is 269 g/mol. The number of nitrogens with one attached hydrogen (secondary N) is 1. The van der Waals surface area contributed by atoms with Crippen molar-refractivity contribution in [3.05, 3.63) is 48.4 Å². The molecule has 0 aliphatic heterocycles. The number of amides is 1. The number of para-hydroxylation sites is 1. The van der Waals surface area contributed by atoms with Gasteiger partial charge in [0.1, 0.15) is 17.8 Å². The van der Waals surface area contributed by atoms with Crippen LogP contribution in [-0.4, -0.2) is 27.1 Å². The Bertz CT molecular complexity index is 745. The number of hydrogen-bond acceptors (Lipinski definition) is 5. The van der Waals surface area contributed by atoms with E-state index in [4.69, 9.17) is 4.42 Å². The molecule has 1 aromatic carbocycles. The van der Waals surface area contributed by atoms with E-state index in [1.165, 1.54) is 17.2 Å². The number of carbonyl (C=O) groups is 1. The van der Waals surface area contributed by atoms with Crippen molar-refractivity contribution in [3.8, 4) is 0 Å². The first kappa shape index (κ1) is 12.1. The fourth-order valence-corrected chi connectivity index (χ4v) is 1.74. The van der Waals surface area contributed by atoms with E-state index in [2.05, 4.69) is 20.8 Å². The molecule has 3 aromatic rings. The predicted molar refractivity (Wildman–Crippen MR) is 72.0 cm³/mol. The molecular formula is C13H11N5O2. The lowest BCUT2D eigenvalue weighted by atomic mass is 10.3. The van der Waals surface area contributed by atoms with E-state index in [1.807, 2.05) is 24.3 Å². The van der Waals surface area contributed by atoms with Crippen LogP contribution in [0.2, 0.25) is 0 Å². The summed E-state index contributed by atoms with van der Waals surface area (Å²) in [6.45, 7) is 0.0516. The smallest absolute Gasteiger partial charge is 0.261 e. The van der Waals surface area contributed by atoms with Crippen molar-refractivity contribution in [2.45, 2.75) is 6.54 Å².